The molecule has 0 spiro atoms. The SMILES string of the molecule is CN(C)[C@H]1CC[C@H](C(=O)O)CC1.Cl. The Hall–Kier alpha value is -0.280. The van der Waals surface area contributed by atoms with Crippen LogP contribution in [0.1, 0.15) is 25.7 Å². The van der Waals surface area contributed by atoms with Crippen LogP contribution < -0.4 is 0 Å². The predicted molar refractivity (Wildman–Crippen MR) is 54.3 cm³/mol. The summed E-state index contributed by atoms with van der Waals surface area (Å²) in [5.41, 5.74) is 0. The molecule has 0 atom stereocenters. The van der Waals surface area contributed by atoms with Gasteiger partial charge in [0.2, 0.25) is 0 Å². The molecule has 0 aromatic rings. The summed E-state index contributed by atoms with van der Waals surface area (Å²) in [6, 6.07) is 0.598. The second-order valence-electron chi connectivity index (χ2n) is 3.81. The van der Waals surface area contributed by atoms with Crippen molar-refractivity contribution in [3.05, 3.63) is 0 Å². The zero-order valence-electron chi connectivity index (χ0n) is 8.19. The van der Waals surface area contributed by atoms with E-state index in [-0.39, 0.29) is 18.3 Å². The van der Waals surface area contributed by atoms with Gasteiger partial charge in [-0.25, -0.2) is 0 Å². The van der Waals surface area contributed by atoms with Gasteiger partial charge in [0, 0.05) is 6.04 Å². The lowest BCUT2D eigenvalue weighted by Crippen LogP contribution is -2.33. The molecule has 0 aromatic heterocycles. The Morgan fingerprint density at radius 3 is 2.00 bits per heavy atom. The molecule has 1 N–H and O–H groups in total. The first-order valence-electron chi connectivity index (χ1n) is 4.50. The molecular weight excluding hydrogens is 190 g/mol. The molecule has 1 rings (SSSR count). The van der Waals surface area contributed by atoms with E-state index in [9.17, 15) is 4.79 Å². The molecule has 13 heavy (non-hydrogen) atoms. The average Bonchev–Trinajstić information content (AvgIpc) is 2.04. The van der Waals surface area contributed by atoms with Crippen molar-refractivity contribution in [1.82, 2.24) is 4.90 Å². The van der Waals surface area contributed by atoms with Gasteiger partial charge < -0.3 is 10.0 Å². The Kier molecular flexibility index (Phi) is 5.33. The van der Waals surface area contributed by atoms with Gasteiger partial charge in [-0.1, -0.05) is 0 Å². The highest BCUT2D eigenvalue weighted by molar-refractivity contribution is 5.85. The predicted octanol–water partition coefficient (Wildman–Crippen LogP) is 1.61. The van der Waals surface area contributed by atoms with Crippen molar-refractivity contribution in [3.63, 3.8) is 0 Å². The van der Waals surface area contributed by atoms with E-state index in [0.29, 0.717) is 6.04 Å². The first-order valence-corrected chi connectivity index (χ1v) is 4.50. The third-order valence-electron chi connectivity index (χ3n) is 2.78. The Labute approximate surface area is 85.5 Å². The molecule has 0 heterocycles. The lowest BCUT2D eigenvalue weighted by Gasteiger charge is -2.30. The minimum Gasteiger partial charge on any atom is -0.481 e. The molecule has 1 saturated carbocycles. The average molecular weight is 208 g/mol. The van der Waals surface area contributed by atoms with Crippen molar-refractivity contribution in [2.24, 2.45) is 5.92 Å². The summed E-state index contributed by atoms with van der Waals surface area (Å²) < 4.78 is 0. The van der Waals surface area contributed by atoms with Gasteiger partial charge in [-0.05, 0) is 39.8 Å². The van der Waals surface area contributed by atoms with Crippen LogP contribution >= 0.6 is 12.4 Å². The number of hydrogen-bond donors (Lipinski definition) is 1. The number of aliphatic carboxylic acids is 1. The first kappa shape index (κ1) is 12.7. The minimum atomic E-state index is -0.618. The first-order chi connectivity index (χ1) is 5.61. The van der Waals surface area contributed by atoms with E-state index in [4.69, 9.17) is 5.11 Å². The van der Waals surface area contributed by atoms with Crippen molar-refractivity contribution in [1.29, 1.82) is 0 Å². The number of hydrogen-bond acceptors (Lipinski definition) is 2. The highest BCUT2D eigenvalue weighted by Crippen LogP contribution is 2.26. The Bertz CT molecular complexity index is 165. The van der Waals surface area contributed by atoms with Gasteiger partial charge in [0.15, 0.2) is 0 Å². The maximum absolute atomic E-state index is 10.6. The highest BCUT2D eigenvalue weighted by atomic mass is 35.5. The van der Waals surface area contributed by atoms with Crippen LogP contribution in [0.4, 0.5) is 0 Å². The Morgan fingerprint density at radius 1 is 1.23 bits per heavy atom. The normalized spacial score (nSPS) is 28.2. The fourth-order valence-electron chi connectivity index (χ4n) is 1.84. The molecule has 0 radical (unpaired) electrons. The maximum atomic E-state index is 10.6. The number of carboxylic acids is 1. The van der Waals surface area contributed by atoms with Crippen molar-refractivity contribution in [2.45, 2.75) is 31.7 Å². The van der Waals surface area contributed by atoms with E-state index < -0.39 is 5.97 Å². The van der Waals surface area contributed by atoms with Gasteiger partial charge in [-0.2, -0.15) is 0 Å². The number of nitrogens with zero attached hydrogens (tertiary/aromatic N) is 1. The summed E-state index contributed by atoms with van der Waals surface area (Å²) in [6.45, 7) is 0. The molecule has 3 nitrogen and oxygen atoms in total. The standard InChI is InChI=1S/C9H17NO2.ClH/c1-10(2)8-5-3-7(4-6-8)9(11)12;/h7-8H,3-6H2,1-2H3,(H,11,12);1H/t7-,8-;. The van der Waals surface area contributed by atoms with Gasteiger partial charge in [-0.15, -0.1) is 12.4 Å². The number of rotatable bonds is 2. The summed E-state index contributed by atoms with van der Waals surface area (Å²) >= 11 is 0. The minimum absolute atomic E-state index is 0. The van der Waals surface area contributed by atoms with Crippen LogP contribution in [0.15, 0.2) is 0 Å². The second kappa shape index (κ2) is 5.45. The topological polar surface area (TPSA) is 40.5 Å². The van der Waals surface area contributed by atoms with Crippen LogP contribution in [0, 0.1) is 5.92 Å². The molecule has 78 valence electrons. The van der Waals surface area contributed by atoms with Crippen molar-refractivity contribution in [2.75, 3.05) is 14.1 Å². The Morgan fingerprint density at radius 2 is 1.69 bits per heavy atom. The fourth-order valence-corrected chi connectivity index (χ4v) is 1.84. The van der Waals surface area contributed by atoms with Gasteiger partial charge in [0.1, 0.15) is 0 Å². The summed E-state index contributed by atoms with van der Waals surface area (Å²) in [5.74, 6) is -0.701. The zero-order valence-corrected chi connectivity index (χ0v) is 9.01. The van der Waals surface area contributed by atoms with E-state index >= 15 is 0 Å². The summed E-state index contributed by atoms with van der Waals surface area (Å²) in [6.07, 6.45) is 3.75. The van der Waals surface area contributed by atoms with Gasteiger partial charge in [-0.3, -0.25) is 4.79 Å². The van der Waals surface area contributed by atoms with Crippen LogP contribution in [0.3, 0.4) is 0 Å². The number of carboxylic acid groups (broad SMARTS) is 1. The molecule has 0 amide bonds. The van der Waals surface area contributed by atoms with E-state index in [0.717, 1.165) is 25.7 Å². The molecule has 0 aromatic carbocycles. The van der Waals surface area contributed by atoms with Crippen LogP contribution in [0.25, 0.3) is 0 Å². The summed E-state index contributed by atoms with van der Waals surface area (Å²) in [7, 11) is 4.12. The second-order valence-corrected chi connectivity index (χ2v) is 3.81. The van der Waals surface area contributed by atoms with Crippen molar-refractivity contribution < 1.29 is 9.90 Å². The summed E-state index contributed by atoms with van der Waals surface area (Å²) in [5, 5.41) is 8.75. The van der Waals surface area contributed by atoms with E-state index in [1.165, 1.54) is 0 Å². The smallest absolute Gasteiger partial charge is 0.306 e. The molecule has 0 unspecified atom stereocenters. The van der Waals surface area contributed by atoms with E-state index in [1.807, 2.05) is 0 Å². The monoisotopic (exact) mass is 207 g/mol. The van der Waals surface area contributed by atoms with Crippen LogP contribution in [-0.4, -0.2) is 36.1 Å². The summed E-state index contributed by atoms with van der Waals surface area (Å²) in [4.78, 5) is 12.8. The molecule has 4 heteroatoms. The zero-order chi connectivity index (χ0) is 9.14. The van der Waals surface area contributed by atoms with Crippen LogP contribution in [0.5, 0.6) is 0 Å². The van der Waals surface area contributed by atoms with Gasteiger partial charge in [0.25, 0.3) is 0 Å². The number of carbonyl (C=O) groups is 1. The Balaban J connectivity index is 0.00000144. The maximum Gasteiger partial charge on any atom is 0.306 e. The van der Waals surface area contributed by atoms with Crippen LogP contribution in [-0.2, 0) is 4.79 Å². The van der Waals surface area contributed by atoms with Crippen molar-refractivity contribution >= 4 is 18.4 Å². The molecular formula is C9H18ClNO2. The molecule has 1 fully saturated rings. The third kappa shape index (κ3) is 3.53. The van der Waals surface area contributed by atoms with E-state index in [1.54, 1.807) is 0 Å². The van der Waals surface area contributed by atoms with E-state index in [2.05, 4.69) is 19.0 Å². The molecule has 0 aliphatic heterocycles. The highest BCUT2D eigenvalue weighted by Gasteiger charge is 2.26. The molecule has 0 saturated heterocycles. The molecule has 1 aliphatic rings. The lowest BCUT2D eigenvalue weighted by molar-refractivity contribution is -0.143. The fraction of sp³-hybridized carbons (Fsp3) is 0.889. The van der Waals surface area contributed by atoms with Gasteiger partial charge in [0.05, 0.1) is 5.92 Å². The quantitative estimate of drug-likeness (QED) is 0.748. The largest absolute Gasteiger partial charge is 0.481 e. The number of halogens is 1. The molecule has 0 bridgehead atoms. The van der Waals surface area contributed by atoms with Gasteiger partial charge >= 0.3 is 5.97 Å². The third-order valence-corrected chi connectivity index (χ3v) is 2.78. The lowest BCUT2D eigenvalue weighted by atomic mass is 9.86. The molecule has 1 aliphatic carbocycles. The van der Waals surface area contributed by atoms with Crippen LogP contribution in [0.2, 0.25) is 0 Å². The van der Waals surface area contributed by atoms with Crippen molar-refractivity contribution in [3.8, 4) is 0 Å².